The van der Waals surface area contributed by atoms with Gasteiger partial charge in [0.1, 0.15) is 0 Å². The van der Waals surface area contributed by atoms with Crippen molar-refractivity contribution in [1.82, 2.24) is 4.57 Å². The number of hydrogen-bond acceptors (Lipinski definition) is 1. The number of rotatable bonds is 6. The van der Waals surface area contributed by atoms with E-state index in [2.05, 4.69) is 243 Å². The van der Waals surface area contributed by atoms with Gasteiger partial charge in [0.2, 0.25) is 0 Å². The summed E-state index contributed by atoms with van der Waals surface area (Å²) in [6.45, 7) is 9.54. The summed E-state index contributed by atoms with van der Waals surface area (Å²) in [6.07, 6.45) is 0. The fourth-order valence-corrected chi connectivity index (χ4v) is 10.8. The van der Waals surface area contributed by atoms with Crippen molar-refractivity contribution in [2.24, 2.45) is 0 Å². The molecule has 0 spiro atoms. The number of aromatic nitrogens is 1. The molecule has 296 valence electrons. The average molecular weight is 795 g/mol. The highest BCUT2D eigenvalue weighted by Crippen LogP contribution is 2.54. The molecule has 0 radical (unpaired) electrons. The highest BCUT2D eigenvalue weighted by Gasteiger charge is 2.38. The smallest absolute Gasteiger partial charge is 0.0541 e. The van der Waals surface area contributed by atoms with Gasteiger partial charge in [0, 0.05) is 44.4 Å². The monoisotopic (exact) mass is 794 g/mol. The predicted octanol–water partition coefficient (Wildman–Crippen LogP) is 16.2. The molecule has 12 rings (SSSR count). The second kappa shape index (κ2) is 13.5. The van der Waals surface area contributed by atoms with E-state index in [1.807, 2.05) is 0 Å². The maximum atomic E-state index is 2.47. The van der Waals surface area contributed by atoms with Gasteiger partial charge in [0.25, 0.3) is 0 Å². The van der Waals surface area contributed by atoms with Gasteiger partial charge in [-0.25, -0.2) is 0 Å². The van der Waals surface area contributed by atoms with Crippen LogP contribution in [0.25, 0.3) is 72.0 Å². The molecule has 0 unspecified atom stereocenters. The third kappa shape index (κ3) is 5.43. The zero-order valence-corrected chi connectivity index (χ0v) is 35.5. The topological polar surface area (TPSA) is 8.17 Å². The summed E-state index contributed by atoms with van der Waals surface area (Å²) in [5.41, 5.74) is 22.4. The molecule has 62 heavy (non-hydrogen) atoms. The SMILES string of the molecule is CC1(C)c2ccccc2-c2ccc(N(c3cccc(-c4ccccc4)c3)c3ccc4c(c3)C(C)(C)c3cc(-c5ccc6c(c5)c5ccccc5n6-c5ccccc5)ccc3-4)cc21. The Balaban J connectivity index is 0.969. The van der Waals surface area contributed by atoms with E-state index in [0.717, 1.165) is 17.1 Å². The minimum atomic E-state index is -0.219. The molecule has 0 amide bonds. The van der Waals surface area contributed by atoms with Gasteiger partial charge in [-0.2, -0.15) is 0 Å². The molecule has 0 saturated heterocycles. The van der Waals surface area contributed by atoms with Crippen molar-refractivity contribution >= 4 is 38.9 Å². The Morgan fingerprint density at radius 2 is 0.823 bits per heavy atom. The molecule has 0 bridgehead atoms. The normalized spacial score (nSPS) is 14.1. The van der Waals surface area contributed by atoms with E-state index in [0.29, 0.717) is 0 Å². The van der Waals surface area contributed by atoms with Crippen LogP contribution in [-0.4, -0.2) is 4.57 Å². The summed E-state index contributed by atoms with van der Waals surface area (Å²) in [6, 6.07) is 76.5. The zero-order valence-electron chi connectivity index (χ0n) is 35.5. The minimum Gasteiger partial charge on any atom is -0.310 e. The Morgan fingerprint density at radius 1 is 0.323 bits per heavy atom. The molecule has 0 saturated carbocycles. The Morgan fingerprint density at radius 3 is 1.56 bits per heavy atom. The van der Waals surface area contributed by atoms with E-state index >= 15 is 0 Å². The van der Waals surface area contributed by atoms with Crippen LogP contribution in [0.3, 0.4) is 0 Å². The van der Waals surface area contributed by atoms with Crippen LogP contribution in [0.15, 0.2) is 206 Å². The van der Waals surface area contributed by atoms with Crippen molar-refractivity contribution < 1.29 is 0 Å². The maximum Gasteiger partial charge on any atom is 0.0541 e. The number of benzene rings is 9. The summed E-state index contributed by atoms with van der Waals surface area (Å²) in [5, 5.41) is 2.54. The number of nitrogens with zero attached hydrogens (tertiary/aromatic N) is 2. The Kier molecular flexibility index (Phi) is 7.96. The van der Waals surface area contributed by atoms with Crippen molar-refractivity contribution in [1.29, 1.82) is 0 Å². The zero-order chi connectivity index (χ0) is 41.7. The van der Waals surface area contributed by atoms with E-state index in [4.69, 9.17) is 0 Å². The summed E-state index contributed by atoms with van der Waals surface area (Å²) in [7, 11) is 0. The molecule has 0 fully saturated rings. The molecule has 10 aromatic rings. The first-order valence-electron chi connectivity index (χ1n) is 21.8. The molecule has 2 heteroatoms. The van der Waals surface area contributed by atoms with Crippen LogP contribution in [0.1, 0.15) is 49.9 Å². The Bertz CT molecular complexity index is 3400. The van der Waals surface area contributed by atoms with Crippen molar-refractivity contribution in [3.63, 3.8) is 0 Å². The van der Waals surface area contributed by atoms with Gasteiger partial charge >= 0.3 is 0 Å². The fourth-order valence-electron chi connectivity index (χ4n) is 10.8. The Labute approximate surface area is 364 Å². The van der Waals surface area contributed by atoms with Crippen LogP contribution in [0.4, 0.5) is 17.1 Å². The summed E-state index contributed by atoms with van der Waals surface area (Å²) in [4.78, 5) is 2.47. The van der Waals surface area contributed by atoms with E-state index in [1.165, 1.54) is 94.3 Å². The van der Waals surface area contributed by atoms with Gasteiger partial charge in [-0.05, 0) is 140 Å². The van der Waals surface area contributed by atoms with Crippen molar-refractivity contribution in [3.05, 3.63) is 229 Å². The average Bonchev–Trinajstić information content (AvgIpc) is 3.86. The molecular weight excluding hydrogens is 749 g/mol. The lowest BCUT2D eigenvalue weighted by Gasteiger charge is -2.30. The summed E-state index contributed by atoms with van der Waals surface area (Å²) in [5.74, 6) is 0. The third-order valence-electron chi connectivity index (χ3n) is 14.0. The molecule has 1 aromatic heterocycles. The second-order valence-corrected chi connectivity index (χ2v) is 18.2. The molecule has 9 aromatic carbocycles. The molecule has 0 aliphatic heterocycles. The largest absolute Gasteiger partial charge is 0.310 e. The van der Waals surface area contributed by atoms with E-state index in [1.54, 1.807) is 0 Å². The number of fused-ring (bicyclic) bond motifs is 9. The van der Waals surface area contributed by atoms with E-state index in [9.17, 15) is 0 Å². The first-order chi connectivity index (χ1) is 30.3. The first kappa shape index (κ1) is 36.4. The second-order valence-electron chi connectivity index (χ2n) is 18.2. The van der Waals surface area contributed by atoms with Gasteiger partial charge < -0.3 is 9.47 Å². The standard InChI is InChI=1S/C60H46N2/c1-59(2)53-24-13-11-22-47(53)49-31-28-45(37-55(49)59)61(44-21-15-18-40(34-44)39-16-7-5-8-17-39)46-29-32-50-48-30-26-42(36-54(48)60(3,4)56(50)38-46)41-27-33-58-52(35-41)51-23-12-14-25-57(51)62(58)43-19-9-6-10-20-43/h5-38H,1-4H3. The number of anilines is 3. The number of para-hydroxylation sites is 2. The first-order valence-corrected chi connectivity index (χ1v) is 21.8. The van der Waals surface area contributed by atoms with Crippen LogP contribution in [0.2, 0.25) is 0 Å². The predicted molar refractivity (Wildman–Crippen MR) is 261 cm³/mol. The molecular formula is C60H46N2. The molecule has 2 aliphatic carbocycles. The maximum absolute atomic E-state index is 2.47. The van der Waals surface area contributed by atoms with Gasteiger partial charge in [-0.15, -0.1) is 0 Å². The quantitative estimate of drug-likeness (QED) is 0.163. The lowest BCUT2D eigenvalue weighted by atomic mass is 9.81. The van der Waals surface area contributed by atoms with Gasteiger partial charge in [0.15, 0.2) is 0 Å². The van der Waals surface area contributed by atoms with Gasteiger partial charge in [-0.3, -0.25) is 0 Å². The van der Waals surface area contributed by atoms with Crippen LogP contribution in [0.5, 0.6) is 0 Å². The molecule has 2 aliphatic rings. The van der Waals surface area contributed by atoms with Crippen LogP contribution in [-0.2, 0) is 10.8 Å². The van der Waals surface area contributed by atoms with Crippen LogP contribution < -0.4 is 4.90 Å². The van der Waals surface area contributed by atoms with Gasteiger partial charge in [-0.1, -0.05) is 161 Å². The third-order valence-corrected chi connectivity index (χ3v) is 14.0. The molecule has 0 N–H and O–H groups in total. The van der Waals surface area contributed by atoms with E-state index in [-0.39, 0.29) is 10.8 Å². The fraction of sp³-hybridized carbons (Fsp3) is 0.100. The lowest BCUT2D eigenvalue weighted by molar-refractivity contribution is 0.660. The lowest BCUT2D eigenvalue weighted by Crippen LogP contribution is -2.18. The Hall–Kier alpha value is -7.42. The minimum absolute atomic E-state index is 0.109. The van der Waals surface area contributed by atoms with Crippen molar-refractivity contribution in [2.45, 2.75) is 38.5 Å². The van der Waals surface area contributed by atoms with Crippen molar-refractivity contribution in [3.8, 4) is 50.2 Å². The van der Waals surface area contributed by atoms with Crippen LogP contribution in [0, 0.1) is 0 Å². The van der Waals surface area contributed by atoms with Crippen molar-refractivity contribution in [2.75, 3.05) is 4.90 Å². The molecule has 2 nitrogen and oxygen atoms in total. The van der Waals surface area contributed by atoms with E-state index < -0.39 is 0 Å². The highest BCUT2D eigenvalue weighted by atomic mass is 15.1. The highest BCUT2D eigenvalue weighted by molar-refractivity contribution is 6.10. The number of hydrogen-bond donors (Lipinski definition) is 0. The van der Waals surface area contributed by atoms with Crippen LogP contribution >= 0.6 is 0 Å². The molecule has 0 atom stereocenters. The summed E-state index contributed by atoms with van der Waals surface area (Å²) >= 11 is 0. The molecule has 1 heterocycles. The van der Waals surface area contributed by atoms with Gasteiger partial charge in [0.05, 0.1) is 11.0 Å². The summed E-state index contributed by atoms with van der Waals surface area (Å²) < 4.78 is 2.39.